The molecular formula is C32H42N6O7. The second-order valence-electron chi connectivity index (χ2n) is 12.0. The quantitative estimate of drug-likeness (QED) is 0.291. The van der Waals surface area contributed by atoms with Crippen molar-refractivity contribution in [3.05, 3.63) is 94.5 Å². The van der Waals surface area contributed by atoms with Crippen LogP contribution in [0.15, 0.2) is 77.7 Å². The van der Waals surface area contributed by atoms with Gasteiger partial charge >= 0.3 is 17.9 Å². The Morgan fingerprint density at radius 3 is 1.71 bits per heavy atom. The maximum atomic E-state index is 12.3. The smallest absolute Gasteiger partial charge is 0.425 e. The number of aromatic nitrogens is 2. The van der Waals surface area contributed by atoms with E-state index >= 15 is 0 Å². The first-order valence-corrected chi connectivity index (χ1v) is 14.2. The lowest BCUT2D eigenvalue weighted by molar-refractivity contribution is -0.128. The normalized spacial score (nSPS) is 12.4. The molecular weight excluding hydrogens is 580 g/mol. The first-order valence-electron chi connectivity index (χ1n) is 14.2. The predicted molar refractivity (Wildman–Crippen MR) is 169 cm³/mol. The molecule has 0 aliphatic rings. The van der Waals surface area contributed by atoms with Gasteiger partial charge in [-0.05, 0) is 65.2 Å². The highest BCUT2D eigenvalue weighted by Gasteiger charge is 2.33. The second-order valence-corrected chi connectivity index (χ2v) is 12.0. The number of amides is 4. The van der Waals surface area contributed by atoms with E-state index < -0.39 is 47.1 Å². The SMILES string of the molecule is CC(C)(C)OC(=O)N(C(=O)OC(C)(C)C)c1ccnc(=O)[nH]1.NC(=O)[C@H](Cc1ccccc1)NC(=O)[C@@H](N)Cc1ccccc1. The van der Waals surface area contributed by atoms with Gasteiger partial charge < -0.3 is 26.3 Å². The Morgan fingerprint density at radius 1 is 0.822 bits per heavy atom. The molecule has 0 saturated carbocycles. The molecule has 13 nitrogen and oxygen atoms in total. The first-order chi connectivity index (χ1) is 20.9. The Labute approximate surface area is 262 Å². The minimum Gasteiger partial charge on any atom is -0.443 e. The molecule has 6 N–H and O–H groups in total. The number of ether oxygens (including phenoxy) is 2. The van der Waals surface area contributed by atoms with Gasteiger partial charge in [0.25, 0.3) is 0 Å². The molecule has 0 bridgehead atoms. The van der Waals surface area contributed by atoms with E-state index in [1.54, 1.807) is 41.5 Å². The summed E-state index contributed by atoms with van der Waals surface area (Å²) in [5.74, 6) is -1.04. The number of anilines is 1. The molecule has 0 fully saturated rings. The number of carbonyl (C=O) groups is 4. The van der Waals surface area contributed by atoms with E-state index in [2.05, 4.69) is 15.3 Å². The Kier molecular flexibility index (Phi) is 13.0. The number of rotatable bonds is 8. The van der Waals surface area contributed by atoms with E-state index in [0.717, 1.165) is 11.1 Å². The Bertz CT molecular complexity index is 1450. The highest BCUT2D eigenvalue weighted by Crippen LogP contribution is 2.19. The zero-order chi connectivity index (χ0) is 33.8. The molecule has 3 rings (SSSR count). The van der Waals surface area contributed by atoms with Crippen molar-refractivity contribution in [1.29, 1.82) is 0 Å². The van der Waals surface area contributed by atoms with E-state index in [4.69, 9.17) is 20.9 Å². The van der Waals surface area contributed by atoms with E-state index in [9.17, 15) is 24.0 Å². The number of nitrogens with zero attached hydrogens (tertiary/aromatic N) is 2. The van der Waals surface area contributed by atoms with Gasteiger partial charge in [0, 0.05) is 12.6 Å². The molecule has 4 amide bonds. The molecule has 2 aromatic carbocycles. The minimum atomic E-state index is -0.955. The van der Waals surface area contributed by atoms with E-state index in [-0.39, 0.29) is 11.7 Å². The third kappa shape index (κ3) is 13.4. The summed E-state index contributed by atoms with van der Waals surface area (Å²) in [7, 11) is 0. The Hall–Kier alpha value is -5.04. The van der Waals surface area contributed by atoms with Gasteiger partial charge in [-0.2, -0.15) is 4.90 Å². The van der Waals surface area contributed by atoms with Crippen molar-refractivity contribution in [2.45, 2.75) is 77.7 Å². The molecule has 0 aliphatic carbocycles. The number of H-pyrrole nitrogens is 1. The third-order valence-corrected chi connectivity index (χ3v) is 5.63. The van der Waals surface area contributed by atoms with Gasteiger partial charge in [-0.3, -0.25) is 14.6 Å². The number of carbonyl (C=O) groups excluding carboxylic acids is 4. The molecule has 0 spiro atoms. The van der Waals surface area contributed by atoms with Gasteiger partial charge in [-0.1, -0.05) is 60.7 Å². The standard InChI is InChI=1S/C18H21N3O2.C14H21N3O5/c19-15(11-13-7-3-1-4-8-13)18(23)21-16(17(20)22)12-14-9-5-2-6-10-14;1-13(2,3)21-11(19)17(12(20)22-14(4,5)6)9-7-8-15-10(18)16-9/h1-10,15-16H,11-12,19H2,(H2,20,22)(H,21,23);7-8H,1-6H3,(H,15,16,18)/t15-,16-;/m0./s1. The van der Waals surface area contributed by atoms with Gasteiger partial charge in [0.15, 0.2) is 0 Å². The number of imide groups is 1. The monoisotopic (exact) mass is 622 g/mol. The summed E-state index contributed by atoms with van der Waals surface area (Å²) in [6.07, 6.45) is 0.0199. The number of nitrogens with two attached hydrogens (primary N) is 2. The van der Waals surface area contributed by atoms with Crippen LogP contribution < -0.4 is 27.4 Å². The average molecular weight is 623 g/mol. The maximum Gasteiger partial charge on any atom is 0.425 e. The highest BCUT2D eigenvalue weighted by molar-refractivity contribution is 6.08. The summed E-state index contributed by atoms with van der Waals surface area (Å²) in [5, 5.41) is 2.65. The lowest BCUT2D eigenvalue weighted by Crippen LogP contribution is -2.51. The van der Waals surface area contributed by atoms with E-state index in [0.29, 0.717) is 17.7 Å². The Morgan fingerprint density at radius 2 is 1.29 bits per heavy atom. The predicted octanol–water partition coefficient (Wildman–Crippen LogP) is 3.22. The van der Waals surface area contributed by atoms with Crippen LogP contribution in [0, 0.1) is 0 Å². The van der Waals surface area contributed by atoms with Crippen molar-refractivity contribution in [3.8, 4) is 0 Å². The van der Waals surface area contributed by atoms with Gasteiger partial charge in [0.2, 0.25) is 11.8 Å². The Balaban J connectivity index is 0.000000314. The van der Waals surface area contributed by atoms with Crippen LogP contribution >= 0.6 is 0 Å². The number of primary amides is 1. The molecule has 3 aromatic rings. The fourth-order valence-electron chi connectivity index (χ4n) is 3.69. The summed E-state index contributed by atoms with van der Waals surface area (Å²) < 4.78 is 10.3. The molecule has 1 heterocycles. The highest BCUT2D eigenvalue weighted by atomic mass is 16.6. The van der Waals surface area contributed by atoms with Crippen molar-refractivity contribution in [1.82, 2.24) is 15.3 Å². The summed E-state index contributed by atoms with van der Waals surface area (Å²) in [6.45, 7) is 9.96. The maximum absolute atomic E-state index is 12.3. The summed E-state index contributed by atoms with van der Waals surface area (Å²) in [5.41, 5.74) is 10.9. The minimum absolute atomic E-state index is 0.0801. The average Bonchev–Trinajstić information content (AvgIpc) is 2.92. The molecule has 2 atom stereocenters. The van der Waals surface area contributed by atoms with Crippen LogP contribution in [-0.4, -0.2) is 57.3 Å². The van der Waals surface area contributed by atoms with Gasteiger partial charge in [0.1, 0.15) is 23.1 Å². The van der Waals surface area contributed by atoms with Crippen LogP contribution in [0.4, 0.5) is 15.4 Å². The number of nitrogens with one attached hydrogen (secondary N) is 2. The van der Waals surface area contributed by atoms with Gasteiger partial charge in [0.05, 0.1) is 6.04 Å². The van der Waals surface area contributed by atoms with Crippen molar-refractivity contribution in [2.24, 2.45) is 11.5 Å². The molecule has 242 valence electrons. The van der Waals surface area contributed by atoms with Crippen molar-refractivity contribution in [2.75, 3.05) is 4.90 Å². The number of benzene rings is 2. The fourth-order valence-corrected chi connectivity index (χ4v) is 3.69. The molecule has 1 aromatic heterocycles. The largest absolute Gasteiger partial charge is 0.443 e. The molecule has 0 aliphatic heterocycles. The van der Waals surface area contributed by atoms with Crippen LogP contribution in [0.2, 0.25) is 0 Å². The van der Waals surface area contributed by atoms with Crippen LogP contribution in [0.3, 0.4) is 0 Å². The van der Waals surface area contributed by atoms with Crippen molar-refractivity contribution >= 4 is 29.8 Å². The zero-order valence-electron chi connectivity index (χ0n) is 26.4. The molecule has 45 heavy (non-hydrogen) atoms. The zero-order valence-corrected chi connectivity index (χ0v) is 26.4. The van der Waals surface area contributed by atoms with Crippen LogP contribution in [0.25, 0.3) is 0 Å². The summed E-state index contributed by atoms with van der Waals surface area (Å²) in [6, 6.07) is 18.7. The first kappa shape index (κ1) is 36.2. The van der Waals surface area contributed by atoms with Crippen molar-refractivity contribution < 1.29 is 28.7 Å². The van der Waals surface area contributed by atoms with Gasteiger partial charge in [-0.25, -0.2) is 19.4 Å². The van der Waals surface area contributed by atoms with Crippen LogP contribution in [0.5, 0.6) is 0 Å². The van der Waals surface area contributed by atoms with Crippen molar-refractivity contribution in [3.63, 3.8) is 0 Å². The summed E-state index contributed by atoms with van der Waals surface area (Å²) >= 11 is 0. The number of hydrogen-bond donors (Lipinski definition) is 4. The third-order valence-electron chi connectivity index (χ3n) is 5.63. The number of hydrogen-bond acceptors (Lipinski definition) is 9. The topological polar surface area (TPSA) is 200 Å². The summed E-state index contributed by atoms with van der Waals surface area (Å²) in [4.78, 5) is 66.0. The second kappa shape index (κ2) is 16.1. The molecule has 0 unspecified atom stereocenters. The lowest BCUT2D eigenvalue weighted by Gasteiger charge is -2.28. The lowest BCUT2D eigenvalue weighted by atomic mass is 10.0. The molecule has 0 saturated heterocycles. The van der Waals surface area contributed by atoms with E-state index in [1.807, 2.05) is 60.7 Å². The van der Waals surface area contributed by atoms with Gasteiger partial charge in [-0.15, -0.1) is 0 Å². The molecule has 13 heteroatoms. The fraction of sp³-hybridized carbons (Fsp3) is 0.375. The molecule has 0 radical (unpaired) electrons. The van der Waals surface area contributed by atoms with Crippen LogP contribution in [0.1, 0.15) is 52.7 Å². The van der Waals surface area contributed by atoms with E-state index in [1.165, 1.54) is 12.3 Å². The number of aromatic amines is 1. The van der Waals surface area contributed by atoms with Crippen LogP contribution in [-0.2, 0) is 31.9 Å².